The van der Waals surface area contributed by atoms with Crippen molar-refractivity contribution < 1.29 is 9.59 Å². The van der Waals surface area contributed by atoms with Crippen LogP contribution in [0.2, 0.25) is 0 Å². The second-order valence-corrected chi connectivity index (χ2v) is 7.82. The van der Waals surface area contributed by atoms with Crippen LogP contribution in [-0.4, -0.2) is 24.2 Å². The molecule has 2 fully saturated rings. The van der Waals surface area contributed by atoms with E-state index in [4.69, 9.17) is 0 Å². The van der Waals surface area contributed by atoms with Crippen LogP contribution in [0.4, 0.5) is 10.5 Å². The van der Waals surface area contributed by atoms with Crippen molar-refractivity contribution in [2.24, 2.45) is 0 Å². The number of hydrogen-bond donors (Lipinski definition) is 1. The summed E-state index contributed by atoms with van der Waals surface area (Å²) in [6.45, 7) is 6.06. The van der Waals surface area contributed by atoms with E-state index in [1.807, 2.05) is 38.2 Å². The van der Waals surface area contributed by atoms with E-state index >= 15 is 0 Å². The zero-order valence-electron chi connectivity index (χ0n) is 16.4. The van der Waals surface area contributed by atoms with Gasteiger partial charge in [-0.3, -0.25) is 14.9 Å². The third kappa shape index (κ3) is 4.84. The Bertz CT molecular complexity index is 875. The molecule has 2 amide bonds. The van der Waals surface area contributed by atoms with Crippen LogP contribution in [0, 0.1) is 0 Å². The lowest BCUT2D eigenvalue weighted by Gasteiger charge is -2.30. The first-order valence-electron chi connectivity index (χ1n) is 9.72. The van der Waals surface area contributed by atoms with Gasteiger partial charge in [-0.25, -0.2) is 0 Å². The Kier molecular flexibility index (Phi) is 6.93. The Hall–Kier alpha value is -2.53. The third-order valence-corrected chi connectivity index (χ3v) is 5.69. The Morgan fingerprint density at radius 2 is 1.89 bits per heavy atom. The first-order valence-corrected chi connectivity index (χ1v) is 10.5. The predicted octanol–water partition coefficient (Wildman–Crippen LogP) is 5.54. The molecule has 2 aliphatic heterocycles. The molecule has 1 aromatic carbocycles. The fourth-order valence-corrected chi connectivity index (χ4v) is 4.12. The normalized spacial score (nSPS) is 20.0. The molecule has 0 aliphatic carbocycles. The van der Waals surface area contributed by atoms with Gasteiger partial charge in [0.1, 0.15) is 0 Å². The van der Waals surface area contributed by atoms with Gasteiger partial charge in [0.15, 0.2) is 0 Å². The summed E-state index contributed by atoms with van der Waals surface area (Å²) in [5.41, 5.74) is 4.39. The van der Waals surface area contributed by atoms with Crippen LogP contribution in [-0.2, 0) is 4.79 Å². The van der Waals surface area contributed by atoms with Gasteiger partial charge in [0.05, 0.1) is 4.91 Å². The number of benzene rings is 1. The molecule has 1 aromatic rings. The van der Waals surface area contributed by atoms with Gasteiger partial charge in [-0.15, -0.1) is 0 Å². The number of anilines is 1. The number of piperidine rings is 1. The minimum Gasteiger partial charge on any atom is -0.371 e. The minimum atomic E-state index is -0.313. The maximum Gasteiger partial charge on any atom is 0.290 e. The molecule has 0 saturated carbocycles. The maximum absolute atomic E-state index is 12.0. The van der Waals surface area contributed by atoms with E-state index in [1.165, 1.54) is 19.3 Å². The summed E-state index contributed by atoms with van der Waals surface area (Å²) < 4.78 is 0. The van der Waals surface area contributed by atoms with Gasteiger partial charge in [0, 0.05) is 18.8 Å². The van der Waals surface area contributed by atoms with Crippen molar-refractivity contribution in [3.8, 4) is 0 Å². The highest BCUT2D eigenvalue weighted by atomic mass is 32.2. The van der Waals surface area contributed by atoms with Crippen molar-refractivity contribution in [3.63, 3.8) is 0 Å². The second kappa shape index (κ2) is 9.60. The van der Waals surface area contributed by atoms with Crippen molar-refractivity contribution in [2.75, 3.05) is 18.0 Å². The Labute approximate surface area is 171 Å². The molecule has 0 atom stereocenters. The Balaban J connectivity index is 2.01. The lowest BCUT2D eigenvalue weighted by Crippen LogP contribution is -2.30. The summed E-state index contributed by atoms with van der Waals surface area (Å²) in [5.74, 6) is -0.313. The molecule has 0 radical (unpaired) electrons. The van der Waals surface area contributed by atoms with Gasteiger partial charge in [-0.2, -0.15) is 0 Å². The van der Waals surface area contributed by atoms with Gasteiger partial charge in [-0.05, 0) is 73.7 Å². The standard InChI is InChI=1S/C23H26N2O2S/c1-3-5-7-10-17(4-2)18-11-12-19(16-21-22(26)24-23(27)28-21)20(15-18)25-13-8-6-9-14-25/h3-5,7,10-12,15-16H,6,8-9,13-14H2,1-2H3,(H,24,26,27)/b5-3-,10-7-,17-4+,21-16-. The van der Waals surface area contributed by atoms with Crippen LogP contribution >= 0.6 is 11.8 Å². The predicted molar refractivity (Wildman–Crippen MR) is 119 cm³/mol. The monoisotopic (exact) mass is 394 g/mol. The van der Waals surface area contributed by atoms with Gasteiger partial charge in [-0.1, -0.05) is 42.5 Å². The van der Waals surface area contributed by atoms with Gasteiger partial charge in [0.2, 0.25) is 0 Å². The maximum atomic E-state index is 12.0. The largest absolute Gasteiger partial charge is 0.371 e. The number of hydrogen-bond acceptors (Lipinski definition) is 4. The molecule has 146 valence electrons. The van der Waals surface area contributed by atoms with Gasteiger partial charge in [0.25, 0.3) is 11.1 Å². The van der Waals surface area contributed by atoms with Crippen molar-refractivity contribution in [2.45, 2.75) is 33.1 Å². The molecule has 2 aliphatic rings. The SMILES string of the molecule is C\C=C/C=C\C(=C/C)c1ccc(/C=C2\SC(=O)NC2=O)c(N2CCCCC2)c1. The van der Waals surface area contributed by atoms with Crippen molar-refractivity contribution in [1.82, 2.24) is 5.32 Å². The van der Waals surface area contributed by atoms with E-state index in [-0.39, 0.29) is 11.1 Å². The molecule has 0 unspecified atom stereocenters. The van der Waals surface area contributed by atoms with E-state index in [0.29, 0.717) is 4.91 Å². The lowest BCUT2D eigenvalue weighted by atomic mass is 9.99. The number of imide groups is 1. The number of allylic oxidation sites excluding steroid dienone is 6. The summed E-state index contributed by atoms with van der Waals surface area (Å²) in [6, 6.07) is 6.33. The molecule has 0 aromatic heterocycles. The summed E-state index contributed by atoms with van der Waals surface area (Å²) in [4.78, 5) is 26.3. The van der Waals surface area contributed by atoms with E-state index in [1.54, 1.807) is 0 Å². The first-order chi connectivity index (χ1) is 13.6. The van der Waals surface area contributed by atoms with E-state index in [9.17, 15) is 9.59 Å². The minimum absolute atomic E-state index is 0.308. The fraction of sp³-hybridized carbons (Fsp3) is 0.304. The number of amides is 2. The highest BCUT2D eigenvalue weighted by Crippen LogP contribution is 2.33. The number of carbonyl (C=O) groups is 2. The number of nitrogens with one attached hydrogen (secondary N) is 1. The smallest absolute Gasteiger partial charge is 0.290 e. The average molecular weight is 395 g/mol. The summed E-state index contributed by atoms with van der Waals surface area (Å²) in [7, 11) is 0. The van der Waals surface area contributed by atoms with Gasteiger partial charge >= 0.3 is 0 Å². The topological polar surface area (TPSA) is 49.4 Å². The number of rotatable bonds is 5. The van der Waals surface area contributed by atoms with Crippen molar-refractivity contribution in [1.29, 1.82) is 0 Å². The molecular weight excluding hydrogens is 368 g/mol. The second-order valence-electron chi connectivity index (χ2n) is 6.80. The molecule has 2 heterocycles. The quantitative estimate of drug-likeness (QED) is 0.526. The molecule has 4 nitrogen and oxygen atoms in total. The molecule has 3 rings (SSSR count). The molecule has 1 N–H and O–H groups in total. The molecule has 0 bridgehead atoms. The Morgan fingerprint density at radius 3 is 2.54 bits per heavy atom. The van der Waals surface area contributed by atoms with Crippen LogP contribution in [0.5, 0.6) is 0 Å². The molecule has 28 heavy (non-hydrogen) atoms. The molecular formula is C23H26N2O2S. The average Bonchev–Trinajstić information content (AvgIpc) is 3.03. The lowest BCUT2D eigenvalue weighted by molar-refractivity contribution is -0.115. The van der Waals surface area contributed by atoms with Crippen LogP contribution in [0.25, 0.3) is 11.6 Å². The van der Waals surface area contributed by atoms with Crippen molar-refractivity contribution in [3.05, 3.63) is 64.6 Å². The van der Waals surface area contributed by atoms with Crippen molar-refractivity contribution >= 4 is 40.2 Å². The van der Waals surface area contributed by atoms with Crippen LogP contribution in [0.1, 0.15) is 44.2 Å². The fourth-order valence-electron chi connectivity index (χ4n) is 3.45. The first kappa shape index (κ1) is 20.2. The molecule has 2 saturated heterocycles. The van der Waals surface area contributed by atoms with Crippen LogP contribution < -0.4 is 10.2 Å². The van der Waals surface area contributed by atoms with Crippen LogP contribution in [0.3, 0.4) is 0 Å². The molecule has 5 heteroatoms. The van der Waals surface area contributed by atoms with Crippen LogP contribution in [0.15, 0.2) is 53.5 Å². The van der Waals surface area contributed by atoms with E-state index in [0.717, 1.165) is 47.2 Å². The Morgan fingerprint density at radius 1 is 1.11 bits per heavy atom. The summed E-state index contributed by atoms with van der Waals surface area (Å²) >= 11 is 0.965. The zero-order chi connectivity index (χ0) is 19.9. The number of thioether (sulfide) groups is 1. The van der Waals surface area contributed by atoms with Gasteiger partial charge < -0.3 is 4.90 Å². The number of carbonyl (C=O) groups excluding carboxylic acids is 2. The van der Waals surface area contributed by atoms with E-state index in [2.05, 4.69) is 40.6 Å². The molecule has 0 spiro atoms. The highest BCUT2D eigenvalue weighted by Gasteiger charge is 2.26. The zero-order valence-corrected chi connectivity index (χ0v) is 17.2. The van der Waals surface area contributed by atoms with E-state index < -0.39 is 0 Å². The number of nitrogens with zero attached hydrogens (tertiary/aromatic N) is 1. The summed E-state index contributed by atoms with van der Waals surface area (Å²) in [5, 5.41) is 2.02. The summed E-state index contributed by atoms with van der Waals surface area (Å²) in [6.07, 6.45) is 15.7. The third-order valence-electron chi connectivity index (χ3n) is 4.88. The highest BCUT2D eigenvalue weighted by molar-refractivity contribution is 8.18.